The Morgan fingerprint density at radius 1 is 0.944 bits per heavy atom. The van der Waals surface area contributed by atoms with Crippen molar-refractivity contribution in [1.82, 2.24) is 4.31 Å². The summed E-state index contributed by atoms with van der Waals surface area (Å²) in [5, 5.41) is 20.1. The van der Waals surface area contributed by atoms with Gasteiger partial charge < -0.3 is 10.2 Å². The third-order valence-corrected chi connectivity index (χ3v) is 7.68. The van der Waals surface area contributed by atoms with E-state index in [1.54, 1.807) is 54.6 Å². The number of aliphatic hydroxyl groups is 1. The lowest BCUT2D eigenvalue weighted by Gasteiger charge is -2.22. The Hall–Kier alpha value is -3.36. The molecule has 3 aromatic carbocycles. The molecule has 0 saturated heterocycles. The summed E-state index contributed by atoms with van der Waals surface area (Å²) in [5.41, 5.74) is 2.14. The molecule has 0 aromatic heterocycles. The van der Waals surface area contributed by atoms with E-state index in [2.05, 4.69) is 16.6 Å². The molecule has 3 aromatic rings. The molecule has 0 aliphatic heterocycles. The molecule has 0 spiro atoms. The van der Waals surface area contributed by atoms with Crippen molar-refractivity contribution in [1.29, 1.82) is 0 Å². The highest BCUT2D eigenvalue weighted by Gasteiger charge is 2.24. The first-order valence-corrected chi connectivity index (χ1v) is 14.4. The van der Waals surface area contributed by atoms with Crippen molar-refractivity contribution in [2.75, 3.05) is 17.5 Å². The molecule has 0 bridgehead atoms. The number of aromatic hydroxyl groups is 1. The summed E-state index contributed by atoms with van der Waals surface area (Å²) in [7, 11) is -7.39. The maximum absolute atomic E-state index is 13.4. The number of phenols is 1. The lowest BCUT2D eigenvalue weighted by atomic mass is 10.1. The fraction of sp³-hybridized carbons (Fsp3) is 0.231. The summed E-state index contributed by atoms with van der Waals surface area (Å²) >= 11 is 0. The number of hydrogen-bond donors (Lipinski definition) is 3. The Balaban J connectivity index is 1.80. The van der Waals surface area contributed by atoms with Gasteiger partial charge in [0.05, 0.1) is 16.8 Å². The van der Waals surface area contributed by atoms with Gasteiger partial charge in [0.15, 0.2) is 0 Å². The molecule has 190 valence electrons. The van der Waals surface area contributed by atoms with Crippen molar-refractivity contribution in [3.63, 3.8) is 0 Å². The molecule has 1 atom stereocenters. The van der Waals surface area contributed by atoms with Crippen LogP contribution in [0.3, 0.4) is 0 Å². The quantitative estimate of drug-likeness (QED) is 0.366. The molecule has 0 aliphatic rings. The molecule has 0 aliphatic carbocycles. The highest BCUT2D eigenvalue weighted by molar-refractivity contribution is 7.92. The number of nitrogens with one attached hydrogen (secondary N) is 1. The Morgan fingerprint density at radius 3 is 2.22 bits per heavy atom. The van der Waals surface area contributed by atoms with E-state index in [0.717, 1.165) is 11.8 Å². The molecule has 0 amide bonds. The standard InChI is InChI=1S/C26H28N2O6S2/c1-20-10-16-23(17-11-20)36(33,34)28(19-21-12-14-22(29)15-13-21)18-6-5-9-26(30)24-7-3-4-8-25(24)27-35(2,31)32/h3-4,7-8,10-17,26-27,29-30H,6,18-19H2,1-2H3. The fourth-order valence-electron chi connectivity index (χ4n) is 3.40. The first-order chi connectivity index (χ1) is 17.0. The predicted molar refractivity (Wildman–Crippen MR) is 139 cm³/mol. The minimum Gasteiger partial charge on any atom is -0.508 e. The first-order valence-electron chi connectivity index (χ1n) is 11.0. The molecule has 10 heteroatoms. The number of anilines is 1. The van der Waals surface area contributed by atoms with E-state index in [1.165, 1.54) is 22.5 Å². The van der Waals surface area contributed by atoms with E-state index < -0.39 is 26.2 Å². The number of phenolic OH excluding ortho intramolecular Hbond substituents is 1. The van der Waals surface area contributed by atoms with Crippen LogP contribution in [0.15, 0.2) is 77.7 Å². The van der Waals surface area contributed by atoms with Gasteiger partial charge in [-0.3, -0.25) is 4.72 Å². The van der Waals surface area contributed by atoms with Gasteiger partial charge in [0.1, 0.15) is 11.9 Å². The van der Waals surface area contributed by atoms with Gasteiger partial charge >= 0.3 is 0 Å². The molecule has 36 heavy (non-hydrogen) atoms. The van der Waals surface area contributed by atoms with Crippen LogP contribution in [0.5, 0.6) is 5.75 Å². The SMILES string of the molecule is Cc1ccc(S(=O)(=O)N(CCC#CC(O)c2ccccc2NS(C)(=O)=O)Cc2ccc(O)cc2)cc1. The predicted octanol–water partition coefficient (Wildman–Crippen LogP) is 3.39. The second-order valence-electron chi connectivity index (χ2n) is 8.25. The second kappa shape index (κ2) is 11.6. The van der Waals surface area contributed by atoms with Gasteiger partial charge in [0.25, 0.3) is 0 Å². The van der Waals surface area contributed by atoms with Crippen LogP contribution in [-0.2, 0) is 26.6 Å². The molecule has 0 radical (unpaired) electrons. The largest absolute Gasteiger partial charge is 0.508 e. The van der Waals surface area contributed by atoms with E-state index in [1.807, 2.05) is 6.92 Å². The number of sulfonamides is 2. The highest BCUT2D eigenvalue weighted by Crippen LogP contribution is 2.24. The maximum atomic E-state index is 13.4. The molecule has 1 unspecified atom stereocenters. The normalized spacial score (nSPS) is 12.6. The minimum atomic E-state index is -3.84. The third kappa shape index (κ3) is 7.57. The summed E-state index contributed by atoms with van der Waals surface area (Å²) in [6, 6.07) is 19.2. The van der Waals surface area contributed by atoms with Crippen molar-refractivity contribution in [2.45, 2.75) is 30.9 Å². The van der Waals surface area contributed by atoms with Crippen molar-refractivity contribution < 1.29 is 27.0 Å². The van der Waals surface area contributed by atoms with Crippen LogP contribution in [-0.4, -0.2) is 44.2 Å². The molecule has 0 fully saturated rings. The van der Waals surface area contributed by atoms with Gasteiger partial charge in [-0.25, -0.2) is 16.8 Å². The van der Waals surface area contributed by atoms with E-state index >= 15 is 0 Å². The molecule has 0 heterocycles. The van der Waals surface area contributed by atoms with Gasteiger partial charge in [-0.05, 0) is 42.8 Å². The topological polar surface area (TPSA) is 124 Å². The van der Waals surface area contributed by atoms with Gasteiger partial charge in [-0.1, -0.05) is 59.9 Å². The molecular formula is C26H28N2O6S2. The summed E-state index contributed by atoms with van der Waals surface area (Å²) in [6.45, 7) is 2.00. The van der Waals surface area contributed by atoms with Crippen LogP contribution in [0.2, 0.25) is 0 Å². The van der Waals surface area contributed by atoms with Crippen molar-refractivity contribution >= 4 is 25.7 Å². The van der Waals surface area contributed by atoms with Crippen LogP contribution in [0.4, 0.5) is 5.69 Å². The number of hydrogen-bond acceptors (Lipinski definition) is 6. The monoisotopic (exact) mass is 528 g/mol. The van der Waals surface area contributed by atoms with Crippen molar-refractivity contribution in [3.8, 4) is 17.6 Å². The fourth-order valence-corrected chi connectivity index (χ4v) is 5.42. The summed E-state index contributed by atoms with van der Waals surface area (Å²) < 4.78 is 53.6. The zero-order chi connectivity index (χ0) is 26.3. The zero-order valence-corrected chi connectivity index (χ0v) is 21.6. The average Bonchev–Trinajstić information content (AvgIpc) is 2.81. The van der Waals surface area contributed by atoms with E-state index in [4.69, 9.17) is 0 Å². The molecular weight excluding hydrogens is 500 g/mol. The first kappa shape index (κ1) is 27.2. The number of nitrogens with zero attached hydrogens (tertiary/aromatic N) is 1. The van der Waals surface area contributed by atoms with E-state index in [9.17, 15) is 27.0 Å². The van der Waals surface area contributed by atoms with Gasteiger partial charge in [-0.2, -0.15) is 4.31 Å². The average molecular weight is 529 g/mol. The zero-order valence-electron chi connectivity index (χ0n) is 19.9. The number of para-hydroxylation sites is 1. The van der Waals surface area contributed by atoms with Gasteiger partial charge in [0, 0.05) is 25.1 Å². The molecule has 0 saturated carbocycles. The minimum absolute atomic E-state index is 0.0556. The van der Waals surface area contributed by atoms with Crippen LogP contribution in [0.1, 0.15) is 29.2 Å². The third-order valence-electron chi connectivity index (χ3n) is 5.23. The lowest BCUT2D eigenvalue weighted by molar-refractivity contribution is 0.239. The Bertz CT molecular complexity index is 1460. The summed E-state index contributed by atoms with van der Waals surface area (Å²) in [6.07, 6.45) is -0.129. The number of rotatable bonds is 9. The number of aliphatic hydroxyl groups excluding tert-OH is 1. The summed E-state index contributed by atoms with van der Waals surface area (Å²) in [5.74, 6) is 5.56. The second-order valence-corrected chi connectivity index (χ2v) is 11.9. The number of benzene rings is 3. The van der Waals surface area contributed by atoms with Crippen LogP contribution in [0, 0.1) is 18.8 Å². The maximum Gasteiger partial charge on any atom is 0.243 e. The summed E-state index contributed by atoms with van der Waals surface area (Å²) in [4.78, 5) is 0.153. The highest BCUT2D eigenvalue weighted by atomic mass is 32.2. The Kier molecular flexibility index (Phi) is 8.76. The van der Waals surface area contributed by atoms with Gasteiger partial charge in [0.2, 0.25) is 20.0 Å². The van der Waals surface area contributed by atoms with Crippen molar-refractivity contribution in [2.24, 2.45) is 0 Å². The molecule has 3 rings (SSSR count). The molecule has 3 N–H and O–H groups in total. The van der Waals surface area contributed by atoms with Crippen molar-refractivity contribution in [3.05, 3.63) is 89.5 Å². The Labute approximate surface area is 212 Å². The number of aryl methyl sites for hydroxylation is 1. The van der Waals surface area contributed by atoms with Crippen LogP contribution in [0.25, 0.3) is 0 Å². The van der Waals surface area contributed by atoms with E-state index in [-0.39, 0.29) is 35.8 Å². The van der Waals surface area contributed by atoms with Gasteiger partial charge in [-0.15, -0.1) is 0 Å². The molecule has 8 nitrogen and oxygen atoms in total. The van der Waals surface area contributed by atoms with Crippen LogP contribution < -0.4 is 4.72 Å². The van der Waals surface area contributed by atoms with Crippen LogP contribution >= 0.6 is 0 Å². The smallest absolute Gasteiger partial charge is 0.243 e. The van der Waals surface area contributed by atoms with E-state index in [0.29, 0.717) is 11.1 Å². The Morgan fingerprint density at radius 2 is 1.58 bits per heavy atom. The lowest BCUT2D eigenvalue weighted by Crippen LogP contribution is -2.31.